The van der Waals surface area contributed by atoms with Crippen LogP contribution in [0.1, 0.15) is 65.2 Å². The molecule has 0 bridgehead atoms. The second kappa shape index (κ2) is 9.54. The van der Waals surface area contributed by atoms with Crippen LogP contribution in [-0.4, -0.2) is 104 Å². The molecule has 0 unspecified atom stereocenters. The van der Waals surface area contributed by atoms with Crippen molar-refractivity contribution >= 4 is 12.3 Å². The molecule has 6 N–H and O–H groups in total. The van der Waals surface area contributed by atoms with Gasteiger partial charge >= 0.3 is 5.97 Å². The fraction of sp³-hybridized carbons (Fsp3) is 0.862. The summed E-state index contributed by atoms with van der Waals surface area (Å²) in [6, 6.07) is 0. The van der Waals surface area contributed by atoms with Crippen LogP contribution in [0.3, 0.4) is 0 Å². The van der Waals surface area contributed by atoms with E-state index in [1.165, 1.54) is 6.08 Å². The first-order chi connectivity index (χ1) is 18.8. The maximum atomic E-state index is 13.0. The zero-order chi connectivity index (χ0) is 28.8. The van der Waals surface area contributed by atoms with Gasteiger partial charge in [0.15, 0.2) is 6.29 Å². The first-order valence-corrected chi connectivity index (χ1v) is 14.6. The van der Waals surface area contributed by atoms with Gasteiger partial charge in [0.2, 0.25) is 0 Å². The van der Waals surface area contributed by atoms with Gasteiger partial charge in [0.1, 0.15) is 31.2 Å². The molecule has 2 heterocycles. The Balaban J connectivity index is 1.25. The summed E-state index contributed by atoms with van der Waals surface area (Å²) in [5.41, 5.74) is -4.09. The highest BCUT2D eigenvalue weighted by molar-refractivity contribution is 5.85. The number of esters is 1. The zero-order valence-corrected chi connectivity index (χ0v) is 23.0. The standard InChI is InChI=1S/C29H42O11/c1-14-22(33)23(34)24(35)25(39-14)40-16-3-6-27(13-30)19-10-20(31)26(2)17(15-9-21(32)38-12-15)5-8-29(26,37)18(19)4-7-28(27,36)11-16/h9,13-14,16-20,22-25,31,33-37H,3-8,10-12H2,1-2H3/t14-,16-,17+,18+,19-,20+,22-,23+,24+,25+,26-,27-,28-,29-/m0/s1. The van der Waals surface area contributed by atoms with Crippen molar-refractivity contribution in [3.05, 3.63) is 11.6 Å². The average Bonchev–Trinajstić information content (AvgIpc) is 3.46. The molecule has 224 valence electrons. The van der Waals surface area contributed by atoms with E-state index in [0.29, 0.717) is 25.7 Å². The smallest absolute Gasteiger partial charge is 0.331 e. The average molecular weight is 567 g/mol. The van der Waals surface area contributed by atoms with E-state index in [1.54, 1.807) is 6.92 Å². The summed E-state index contributed by atoms with van der Waals surface area (Å²) in [6.07, 6.45) is -2.70. The lowest BCUT2D eigenvalue weighted by Gasteiger charge is -2.66. The molecule has 11 nitrogen and oxygen atoms in total. The Kier molecular flexibility index (Phi) is 6.83. The highest BCUT2D eigenvalue weighted by Crippen LogP contribution is 2.70. The number of fused-ring (bicyclic) bond motifs is 5. The number of aliphatic hydroxyl groups is 6. The quantitative estimate of drug-likeness (QED) is 0.149. The van der Waals surface area contributed by atoms with Crippen LogP contribution in [0.2, 0.25) is 0 Å². The van der Waals surface area contributed by atoms with Crippen LogP contribution < -0.4 is 0 Å². The minimum Gasteiger partial charge on any atom is -0.458 e. The van der Waals surface area contributed by atoms with Crippen LogP contribution in [0.25, 0.3) is 0 Å². The molecule has 11 heteroatoms. The Morgan fingerprint density at radius 3 is 2.42 bits per heavy atom. The van der Waals surface area contributed by atoms with E-state index in [1.807, 2.05) is 6.92 Å². The van der Waals surface area contributed by atoms with Crippen LogP contribution in [0.15, 0.2) is 11.6 Å². The third kappa shape index (κ3) is 3.71. The largest absolute Gasteiger partial charge is 0.458 e. The van der Waals surface area contributed by atoms with Gasteiger partial charge in [-0.3, -0.25) is 0 Å². The number of carbonyl (C=O) groups is 2. The second-order valence-corrected chi connectivity index (χ2v) is 13.5. The number of rotatable bonds is 4. The number of hydrogen-bond donors (Lipinski definition) is 6. The molecule has 0 aromatic carbocycles. The summed E-state index contributed by atoms with van der Waals surface area (Å²) >= 11 is 0. The van der Waals surface area contributed by atoms with Gasteiger partial charge in [-0.15, -0.1) is 0 Å². The summed E-state index contributed by atoms with van der Waals surface area (Å²) < 4.78 is 16.8. The van der Waals surface area contributed by atoms with Crippen LogP contribution in [-0.2, 0) is 23.8 Å². The van der Waals surface area contributed by atoms with Crippen molar-refractivity contribution < 1.29 is 54.4 Å². The molecule has 14 atom stereocenters. The Hall–Kier alpha value is -1.44. The van der Waals surface area contributed by atoms with E-state index in [2.05, 4.69) is 0 Å². The summed E-state index contributed by atoms with van der Waals surface area (Å²) in [4.78, 5) is 24.8. The third-order valence-corrected chi connectivity index (χ3v) is 12.1. The molecule has 4 saturated carbocycles. The molecular weight excluding hydrogens is 524 g/mol. The fourth-order valence-corrected chi connectivity index (χ4v) is 9.74. The van der Waals surface area contributed by atoms with Crippen molar-refractivity contribution in [2.24, 2.45) is 28.6 Å². The van der Waals surface area contributed by atoms with Gasteiger partial charge in [0.05, 0.1) is 34.9 Å². The summed E-state index contributed by atoms with van der Waals surface area (Å²) in [7, 11) is 0. The number of aliphatic hydroxyl groups excluding tert-OH is 4. The van der Waals surface area contributed by atoms with E-state index >= 15 is 0 Å². The van der Waals surface area contributed by atoms with Gasteiger partial charge in [-0.2, -0.15) is 0 Å². The van der Waals surface area contributed by atoms with Crippen LogP contribution in [0, 0.1) is 28.6 Å². The summed E-state index contributed by atoms with van der Waals surface area (Å²) in [5.74, 6) is -1.42. The SMILES string of the molecule is C[C@@H]1O[C@H](O[C@H]2CC[C@]3(C=O)[C@H]4C[C@@H](O)[C@]5(C)[C@@H](C6=CC(=O)OC6)CC[C@]5(O)[C@@H]4CC[C@]3(O)C2)[C@H](O)[C@H](O)[C@H]1O. The zero-order valence-electron chi connectivity index (χ0n) is 23.0. The van der Waals surface area contributed by atoms with Gasteiger partial charge < -0.3 is 49.6 Å². The van der Waals surface area contributed by atoms with E-state index in [4.69, 9.17) is 14.2 Å². The van der Waals surface area contributed by atoms with E-state index < -0.39 is 76.8 Å². The van der Waals surface area contributed by atoms with Crippen molar-refractivity contribution in [3.63, 3.8) is 0 Å². The third-order valence-electron chi connectivity index (χ3n) is 12.1. The van der Waals surface area contributed by atoms with Crippen molar-refractivity contribution in [2.45, 2.75) is 119 Å². The van der Waals surface area contributed by atoms with E-state index in [0.717, 1.165) is 11.9 Å². The summed E-state index contributed by atoms with van der Waals surface area (Å²) in [5, 5.41) is 66.7. The molecule has 2 aliphatic heterocycles. The lowest BCUT2D eigenvalue weighted by molar-refractivity contribution is -0.319. The Bertz CT molecular complexity index is 1080. The van der Waals surface area contributed by atoms with Gasteiger partial charge in [0, 0.05) is 17.9 Å². The normalized spacial score (nSPS) is 56.0. The first kappa shape index (κ1) is 28.7. The molecule has 1 saturated heterocycles. The van der Waals surface area contributed by atoms with Gasteiger partial charge in [-0.05, 0) is 75.2 Å². The molecule has 40 heavy (non-hydrogen) atoms. The molecule has 5 fully saturated rings. The van der Waals surface area contributed by atoms with Crippen molar-refractivity contribution in [2.75, 3.05) is 6.61 Å². The number of ether oxygens (including phenoxy) is 3. The Morgan fingerprint density at radius 1 is 1.00 bits per heavy atom. The minimum atomic E-state index is -1.47. The number of hydrogen-bond acceptors (Lipinski definition) is 11. The van der Waals surface area contributed by atoms with E-state index in [9.17, 15) is 40.2 Å². The molecule has 4 aliphatic carbocycles. The topological polar surface area (TPSA) is 183 Å². The van der Waals surface area contributed by atoms with E-state index in [-0.39, 0.29) is 44.1 Å². The fourth-order valence-electron chi connectivity index (χ4n) is 9.74. The van der Waals surface area contributed by atoms with Gasteiger partial charge in [-0.25, -0.2) is 4.79 Å². The molecule has 0 aromatic rings. The summed E-state index contributed by atoms with van der Waals surface area (Å²) in [6.45, 7) is 3.61. The van der Waals surface area contributed by atoms with Crippen molar-refractivity contribution in [1.82, 2.24) is 0 Å². The predicted molar refractivity (Wildman–Crippen MR) is 136 cm³/mol. The van der Waals surface area contributed by atoms with Gasteiger partial charge in [-0.1, -0.05) is 6.92 Å². The monoisotopic (exact) mass is 566 g/mol. The highest BCUT2D eigenvalue weighted by atomic mass is 16.7. The van der Waals surface area contributed by atoms with Crippen LogP contribution in [0.5, 0.6) is 0 Å². The lowest BCUT2D eigenvalue weighted by Crippen LogP contribution is -2.71. The van der Waals surface area contributed by atoms with Crippen molar-refractivity contribution in [3.8, 4) is 0 Å². The molecule has 0 aromatic heterocycles. The molecule has 6 rings (SSSR count). The van der Waals surface area contributed by atoms with Crippen LogP contribution in [0.4, 0.5) is 0 Å². The van der Waals surface area contributed by atoms with Gasteiger partial charge in [0.25, 0.3) is 0 Å². The number of cyclic esters (lactones) is 1. The minimum absolute atomic E-state index is 0.0926. The second-order valence-electron chi connectivity index (χ2n) is 13.5. The molecule has 0 spiro atoms. The first-order valence-electron chi connectivity index (χ1n) is 14.6. The number of carbonyl (C=O) groups excluding carboxylic acids is 2. The molecular formula is C29H42O11. The van der Waals surface area contributed by atoms with Crippen molar-refractivity contribution in [1.29, 1.82) is 0 Å². The maximum Gasteiger partial charge on any atom is 0.331 e. The van der Waals surface area contributed by atoms with Crippen LogP contribution >= 0.6 is 0 Å². The highest BCUT2D eigenvalue weighted by Gasteiger charge is 2.74. The Labute approximate surface area is 233 Å². The lowest BCUT2D eigenvalue weighted by atomic mass is 9.41. The Morgan fingerprint density at radius 2 is 1.75 bits per heavy atom. The number of aldehydes is 1. The maximum absolute atomic E-state index is 13.0. The molecule has 6 aliphatic rings. The predicted octanol–water partition coefficient (Wildman–Crippen LogP) is -0.279. The molecule has 0 amide bonds. The molecule has 0 radical (unpaired) electrons.